The second kappa shape index (κ2) is 13.8. The van der Waals surface area contributed by atoms with E-state index >= 15 is 0 Å². The monoisotopic (exact) mass is 536 g/mol. The molecule has 7 heteroatoms. The number of nitrogens with zero attached hydrogens (tertiary/aromatic N) is 3. The average Bonchev–Trinajstić information content (AvgIpc) is 2.92. The first-order valence-electron chi connectivity index (χ1n) is 14.1. The minimum atomic E-state index is -0.293. The third-order valence-corrected chi connectivity index (χ3v) is 7.73. The zero-order valence-corrected chi connectivity index (χ0v) is 23.5. The van der Waals surface area contributed by atoms with Crippen LogP contribution in [0.25, 0.3) is 0 Å². The first-order chi connectivity index (χ1) is 18.2. The van der Waals surface area contributed by atoms with Gasteiger partial charge in [0.2, 0.25) is 5.91 Å². The van der Waals surface area contributed by atoms with Crippen molar-refractivity contribution in [3.63, 3.8) is 0 Å². The van der Waals surface area contributed by atoms with Crippen LogP contribution in [0.5, 0.6) is 0 Å². The second-order valence-corrected chi connectivity index (χ2v) is 11.5. The highest BCUT2D eigenvalue weighted by Gasteiger charge is 2.24. The number of hydrogen-bond acceptors (Lipinski definition) is 6. The summed E-state index contributed by atoms with van der Waals surface area (Å²) >= 11 is 0. The van der Waals surface area contributed by atoms with Crippen molar-refractivity contribution in [1.82, 2.24) is 9.80 Å². The Balaban J connectivity index is 0.00000420. The van der Waals surface area contributed by atoms with Gasteiger partial charge in [0.15, 0.2) is 0 Å². The van der Waals surface area contributed by atoms with Crippen molar-refractivity contribution in [2.45, 2.75) is 65.8 Å². The van der Waals surface area contributed by atoms with Crippen molar-refractivity contribution in [1.29, 1.82) is 0 Å². The maximum Gasteiger partial charge on any atom is 0.338 e. The lowest BCUT2D eigenvalue weighted by molar-refractivity contribution is -0.132. The van der Waals surface area contributed by atoms with Crippen LogP contribution in [-0.2, 0) is 14.9 Å². The van der Waals surface area contributed by atoms with Gasteiger partial charge in [-0.1, -0.05) is 40.3 Å². The molecule has 0 radical (unpaired) electrons. The van der Waals surface area contributed by atoms with Crippen molar-refractivity contribution in [2.24, 2.45) is 0 Å². The predicted molar refractivity (Wildman–Crippen MR) is 161 cm³/mol. The van der Waals surface area contributed by atoms with Crippen molar-refractivity contribution < 1.29 is 14.3 Å². The Kier molecular flexibility index (Phi) is 10.8. The van der Waals surface area contributed by atoms with Crippen LogP contribution in [0.1, 0.15) is 70.3 Å². The highest BCUT2D eigenvalue weighted by Crippen LogP contribution is 2.25. The number of esters is 1. The van der Waals surface area contributed by atoms with E-state index < -0.39 is 0 Å². The van der Waals surface area contributed by atoms with Crippen LogP contribution in [0.4, 0.5) is 11.4 Å². The summed E-state index contributed by atoms with van der Waals surface area (Å²) in [6.45, 7) is 15.3. The highest BCUT2D eigenvalue weighted by molar-refractivity contribution is 5.89. The Morgan fingerprint density at radius 2 is 1.51 bits per heavy atom. The van der Waals surface area contributed by atoms with Crippen molar-refractivity contribution in [2.75, 3.05) is 62.6 Å². The summed E-state index contributed by atoms with van der Waals surface area (Å²) in [5, 5.41) is 3.55. The van der Waals surface area contributed by atoms with Crippen LogP contribution in [-0.4, -0.2) is 80.1 Å². The average molecular weight is 537 g/mol. The van der Waals surface area contributed by atoms with Gasteiger partial charge >= 0.3 is 5.97 Å². The van der Waals surface area contributed by atoms with Gasteiger partial charge in [0, 0.05) is 69.7 Å². The lowest BCUT2D eigenvalue weighted by Gasteiger charge is -2.37. The molecule has 0 aliphatic carbocycles. The van der Waals surface area contributed by atoms with E-state index in [0.717, 1.165) is 64.3 Å². The minimum Gasteiger partial charge on any atom is -0.462 e. The van der Waals surface area contributed by atoms with E-state index in [1.807, 2.05) is 17.0 Å². The Hall–Kier alpha value is -3.06. The standard InChI is InChI=1S/C31H44N4O3.CH4/c1-5-38-30(37)24-6-10-26(11-7-24)32-27-14-18-35(19-15-27)29(36)16-17-33-20-22-34(23-21-33)28-12-8-25(9-13-28)31(2,3)4;/h6-13,27,32H,5,14-23H2,1-4H3;1H4. The van der Waals surface area contributed by atoms with E-state index in [2.05, 4.69) is 60.2 Å². The van der Waals surface area contributed by atoms with E-state index in [0.29, 0.717) is 24.6 Å². The number of hydrogen-bond donors (Lipinski definition) is 1. The summed E-state index contributed by atoms with van der Waals surface area (Å²) in [5.74, 6) is -0.0268. The van der Waals surface area contributed by atoms with E-state index in [9.17, 15) is 9.59 Å². The molecule has 2 aliphatic heterocycles. The SMILES string of the molecule is C.CCOC(=O)c1ccc(NC2CCN(C(=O)CCN3CCN(c4ccc(C(C)(C)C)cc4)CC3)CC2)cc1. The molecular weight excluding hydrogens is 488 g/mol. The molecule has 2 fully saturated rings. The number of benzene rings is 2. The zero-order valence-electron chi connectivity index (χ0n) is 23.5. The number of carbonyl (C=O) groups is 2. The van der Waals surface area contributed by atoms with Gasteiger partial charge in [-0.15, -0.1) is 0 Å². The molecule has 7 nitrogen and oxygen atoms in total. The predicted octanol–water partition coefficient (Wildman–Crippen LogP) is 5.41. The van der Waals surface area contributed by atoms with Gasteiger partial charge in [-0.05, 0) is 67.1 Å². The quantitative estimate of drug-likeness (QED) is 0.455. The minimum absolute atomic E-state index is 0. The first kappa shape index (κ1) is 30.5. The lowest BCUT2D eigenvalue weighted by Crippen LogP contribution is -2.48. The highest BCUT2D eigenvalue weighted by atomic mass is 16.5. The number of piperidine rings is 1. The molecule has 0 spiro atoms. The molecular formula is C32H48N4O3. The van der Waals surface area contributed by atoms with E-state index in [-0.39, 0.29) is 24.7 Å². The number of amides is 1. The first-order valence-corrected chi connectivity index (χ1v) is 14.1. The topological polar surface area (TPSA) is 65.1 Å². The van der Waals surface area contributed by atoms with Crippen molar-refractivity contribution >= 4 is 23.3 Å². The molecule has 2 saturated heterocycles. The number of rotatable bonds is 8. The molecule has 0 bridgehead atoms. The summed E-state index contributed by atoms with van der Waals surface area (Å²) < 4.78 is 5.04. The molecule has 1 amide bonds. The van der Waals surface area contributed by atoms with Gasteiger partial charge in [0.25, 0.3) is 0 Å². The molecule has 2 aromatic rings. The van der Waals surface area contributed by atoms with E-state index in [4.69, 9.17) is 4.74 Å². The molecule has 2 aromatic carbocycles. The molecule has 39 heavy (non-hydrogen) atoms. The van der Waals surface area contributed by atoms with Gasteiger partial charge in [-0.2, -0.15) is 0 Å². The number of likely N-dealkylation sites (tertiary alicyclic amines) is 1. The molecule has 4 rings (SSSR count). The van der Waals surface area contributed by atoms with Crippen LogP contribution in [0.15, 0.2) is 48.5 Å². The van der Waals surface area contributed by atoms with Gasteiger partial charge in [0.05, 0.1) is 12.2 Å². The normalized spacial score (nSPS) is 16.9. The number of anilines is 2. The summed E-state index contributed by atoms with van der Waals surface area (Å²) in [5.41, 5.74) is 4.39. The van der Waals surface area contributed by atoms with Crippen LogP contribution >= 0.6 is 0 Å². The summed E-state index contributed by atoms with van der Waals surface area (Å²) in [6.07, 6.45) is 2.45. The van der Waals surface area contributed by atoms with Crippen LogP contribution in [0.3, 0.4) is 0 Å². The lowest BCUT2D eigenvalue weighted by atomic mass is 9.87. The van der Waals surface area contributed by atoms with Crippen LogP contribution < -0.4 is 10.2 Å². The molecule has 0 saturated carbocycles. The zero-order chi connectivity index (χ0) is 27.1. The fourth-order valence-electron chi connectivity index (χ4n) is 5.24. The summed E-state index contributed by atoms with van der Waals surface area (Å²) in [6, 6.07) is 16.8. The molecule has 0 unspecified atom stereocenters. The summed E-state index contributed by atoms with van der Waals surface area (Å²) in [7, 11) is 0. The van der Waals surface area contributed by atoms with Gasteiger partial charge in [-0.25, -0.2) is 4.79 Å². The number of nitrogens with one attached hydrogen (secondary N) is 1. The molecule has 1 N–H and O–H groups in total. The van der Waals surface area contributed by atoms with Crippen molar-refractivity contribution in [3.05, 3.63) is 59.7 Å². The smallest absolute Gasteiger partial charge is 0.338 e. The van der Waals surface area contributed by atoms with Crippen LogP contribution in [0, 0.1) is 0 Å². The Bertz CT molecular complexity index is 1050. The number of carbonyl (C=O) groups excluding carboxylic acids is 2. The summed E-state index contributed by atoms with van der Waals surface area (Å²) in [4.78, 5) is 31.6. The largest absolute Gasteiger partial charge is 0.462 e. The van der Waals surface area contributed by atoms with Gasteiger partial charge in [-0.3, -0.25) is 9.69 Å². The molecule has 0 atom stereocenters. The molecule has 214 valence electrons. The Labute approximate surface area is 235 Å². The second-order valence-electron chi connectivity index (χ2n) is 11.5. The van der Waals surface area contributed by atoms with Crippen molar-refractivity contribution in [3.8, 4) is 0 Å². The molecule has 2 heterocycles. The number of ether oxygens (including phenoxy) is 1. The maximum atomic E-state index is 12.9. The Morgan fingerprint density at radius 3 is 2.08 bits per heavy atom. The third kappa shape index (κ3) is 8.46. The Morgan fingerprint density at radius 1 is 0.897 bits per heavy atom. The van der Waals surface area contributed by atoms with E-state index in [1.165, 1.54) is 11.3 Å². The third-order valence-electron chi connectivity index (χ3n) is 7.73. The molecule has 0 aromatic heterocycles. The fourth-order valence-corrected chi connectivity index (χ4v) is 5.24. The van der Waals surface area contributed by atoms with E-state index in [1.54, 1.807) is 19.1 Å². The molecule has 2 aliphatic rings. The number of piperazine rings is 1. The van der Waals surface area contributed by atoms with Crippen LogP contribution in [0.2, 0.25) is 0 Å². The van der Waals surface area contributed by atoms with Gasteiger partial charge < -0.3 is 19.9 Å². The fraction of sp³-hybridized carbons (Fsp3) is 0.562. The van der Waals surface area contributed by atoms with Gasteiger partial charge in [0.1, 0.15) is 0 Å². The maximum absolute atomic E-state index is 12.9.